The predicted octanol–water partition coefficient (Wildman–Crippen LogP) is 4.73. The van der Waals surface area contributed by atoms with E-state index in [0.29, 0.717) is 49.8 Å². The Kier molecular flexibility index (Phi) is 13.2. The normalized spacial score (nSPS) is 17.5. The fraction of sp³-hybridized carbons (Fsp3) is 0.767. The fourth-order valence-electron chi connectivity index (χ4n) is 4.68. The van der Waals surface area contributed by atoms with Crippen LogP contribution in [-0.4, -0.2) is 100 Å². The minimum atomic E-state index is -0.678. The van der Waals surface area contributed by atoms with E-state index in [2.05, 4.69) is 41.0 Å². The average Bonchev–Trinajstić information content (AvgIpc) is 2.87. The van der Waals surface area contributed by atoms with Gasteiger partial charge < -0.3 is 30.5 Å². The second-order valence-corrected chi connectivity index (χ2v) is 14.3. The average molecular weight is 608 g/mol. The molecule has 0 aliphatic carbocycles. The van der Waals surface area contributed by atoms with Crippen LogP contribution in [0.1, 0.15) is 91.3 Å². The number of aromatic nitrogens is 2. The largest absolute Gasteiger partial charge is 0.444 e. The van der Waals surface area contributed by atoms with Crippen LogP contribution < -0.4 is 16.0 Å². The Bertz CT molecular complexity index is 1060. The first-order valence-corrected chi connectivity index (χ1v) is 16.4. The fourth-order valence-corrected chi connectivity index (χ4v) is 5.11. The van der Waals surface area contributed by atoms with Crippen LogP contribution in [0.3, 0.4) is 0 Å². The molecule has 42 heavy (non-hydrogen) atoms. The maximum atomic E-state index is 14.4. The van der Waals surface area contributed by atoms with Crippen LogP contribution in [0.25, 0.3) is 0 Å². The zero-order chi connectivity index (χ0) is 31.7. The highest BCUT2D eigenvalue weighted by Crippen LogP contribution is 2.26. The van der Waals surface area contributed by atoms with Crippen LogP contribution in [0.5, 0.6) is 0 Å². The highest BCUT2D eigenvalue weighted by Gasteiger charge is 2.38. The molecule has 2 rings (SSSR count). The molecule has 11 nitrogen and oxygen atoms in total. The van der Waals surface area contributed by atoms with Crippen LogP contribution in [0.2, 0.25) is 0 Å². The summed E-state index contributed by atoms with van der Waals surface area (Å²) in [5.74, 6) is 2.13. The number of amides is 4. The van der Waals surface area contributed by atoms with E-state index >= 15 is 0 Å². The van der Waals surface area contributed by atoms with Gasteiger partial charge in [0, 0.05) is 44.3 Å². The van der Waals surface area contributed by atoms with Crippen molar-refractivity contribution >= 4 is 35.6 Å². The Morgan fingerprint density at radius 3 is 2.43 bits per heavy atom. The van der Waals surface area contributed by atoms with E-state index in [1.54, 1.807) is 22.9 Å². The van der Waals surface area contributed by atoms with Gasteiger partial charge in [0.15, 0.2) is 0 Å². The van der Waals surface area contributed by atoms with Crippen molar-refractivity contribution in [3.63, 3.8) is 0 Å². The minimum absolute atomic E-state index is 0.161. The molecule has 0 spiro atoms. The Hall–Kier alpha value is -2.76. The number of likely N-dealkylation sites (tertiary alicyclic amines) is 1. The van der Waals surface area contributed by atoms with Gasteiger partial charge in [-0.05, 0) is 58.5 Å². The number of hydrogen-bond acceptors (Lipinski definition) is 8. The van der Waals surface area contributed by atoms with Crippen molar-refractivity contribution in [3.8, 4) is 0 Å². The lowest BCUT2D eigenvalue weighted by Crippen LogP contribution is -2.61. The number of anilines is 1. The van der Waals surface area contributed by atoms with E-state index in [0.717, 1.165) is 12.2 Å². The summed E-state index contributed by atoms with van der Waals surface area (Å²) in [5.41, 5.74) is -0.567. The van der Waals surface area contributed by atoms with Crippen LogP contribution in [0.4, 0.5) is 15.4 Å². The number of rotatable bonds is 11. The molecule has 0 bridgehead atoms. The summed E-state index contributed by atoms with van der Waals surface area (Å²) in [6.45, 7) is 19.8. The third kappa shape index (κ3) is 11.1. The summed E-state index contributed by atoms with van der Waals surface area (Å²) < 4.78 is 5.68. The molecule has 2 heterocycles. The van der Waals surface area contributed by atoms with E-state index in [9.17, 15) is 14.4 Å². The molecule has 1 aromatic rings. The van der Waals surface area contributed by atoms with Crippen molar-refractivity contribution in [3.05, 3.63) is 17.6 Å². The van der Waals surface area contributed by atoms with E-state index in [4.69, 9.17) is 9.72 Å². The quantitative estimate of drug-likeness (QED) is 0.308. The second kappa shape index (κ2) is 15.6. The standard InChI is InChI=1S/C30H53N7O4S/c1-11-31-27(39)34-21-15-22(19-36(18-21)28(40)41-30(7,8)9)37(17-20(2)3)25(38)23-16-33-26(29(4,5)6)35-24(23)32-13-12-14-42-10/h16,20-22H,11-15,17-19H2,1-10H3,(H2,31,34,39)(H,32,33,35)/t21-,22+/m1/s1. The maximum absolute atomic E-state index is 14.4. The first kappa shape index (κ1) is 35.4. The molecular formula is C30H53N7O4S. The molecule has 1 fully saturated rings. The number of ether oxygens (including phenoxy) is 1. The molecule has 238 valence electrons. The van der Waals surface area contributed by atoms with Gasteiger partial charge in [0.05, 0.1) is 12.1 Å². The molecule has 1 saturated heterocycles. The summed E-state index contributed by atoms with van der Waals surface area (Å²) in [5, 5.41) is 9.14. The number of urea groups is 1. The summed E-state index contributed by atoms with van der Waals surface area (Å²) >= 11 is 1.77. The molecule has 1 aliphatic heterocycles. The summed E-state index contributed by atoms with van der Waals surface area (Å²) in [4.78, 5) is 52.8. The third-order valence-corrected chi connectivity index (χ3v) is 7.22. The molecule has 0 saturated carbocycles. The molecule has 0 radical (unpaired) electrons. The van der Waals surface area contributed by atoms with Crippen LogP contribution in [-0.2, 0) is 10.2 Å². The van der Waals surface area contributed by atoms with E-state index in [-0.39, 0.29) is 41.9 Å². The van der Waals surface area contributed by atoms with Gasteiger partial charge in [-0.1, -0.05) is 34.6 Å². The van der Waals surface area contributed by atoms with Crippen LogP contribution in [0.15, 0.2) is 6.20 Å². The van der Waals surface area contributed by atoms with Crippen molar-refractivity contribution in [1.29, 1.82) is 0 Å². The number of carbonyl (C=O) groups is 3. The monoisotopic (exact) mass is 607 g/mol. The van der Waals surface area contributed by atoms with Crippen LogP contribution >= 0.6 is 11.8 Å². The SMILES string of the molecule is CCNC(=O)N[C@@H]1C[C@H](N(CC(C)C)C(=O)c2cnc(C(C)(C)C)nc2NCCCSC)CN(C(=O)OC(C)(C)C)C1. The Morgan fingerprint density at radius 2 is 1.86 bits per heavy atom. The molecule has 1 aromatic heterocycles. The van der Waals surface area contributed by atoms with Gasteiger partial charge in [-0.2, -0.15) is 11.8 Å². The van der Waals surface area contributed by atoms with Crippen molar-refractivity contribution in [2.24, 2.45) is 5.92 Å². The van der Waals surface area contributed by atoms with Crippen molar-refractivity contribution in [2.45, 2.75) is 98.3 Å². The Balaban J connectivity index is 2.48. The van der Waals surface area contributed by atoms with Gasteiger partial charge in [0.2, 0.25) is 0 Å². The topological polar surface area (TPSA) is 129 Å². The van der Waals surface area contributed by atoms with Gasteiger partial charge in [0.25, 0.3) is 5.91 Å². The van der Waals surface area contributed by atoms with Crippen molar-refractivity contribution in [1.82, 2.24) is 30.4 Å². The first-order valence-electron chi connectivity index (χ1n) is 15.0. The summed E-state index contributed by atoms with van der Waals surface area (Å²) in [6.07, 6.45) is 4.64. The van der Waals surface area contributed by atoms with Gasteiger partial charge in [0.1, 0.15) is 22.8 Å². The smallest absolute Gasteiger partial charge is 0.410 e. The van der Waals surface area contributed by atoms with E-state index < -0.39 is 11.7 Å². The molecule has 0 aromatic carbocycles. The lowest BCUT2D eigenvalue weighted by atomic mass is 9.95. The maximum Gasteiger partial charge on any atom is 0.410 e. The number of piperidine rings is 1. The molecular weight excluding hydrogens is 554 g/mol. The van der Waals surface area contributed by atoms with Gasteiger partial charge in [-0.15, -0.1) is 0 Å². The highest BCUT2D eigenvalue weighted by molar-refractivity contribution is 7.98. The Morgan fingerprint density at radius 1 is 1.17 bits per heavy atom. The molecule has 4 amide bonds. The molecule has 12 heteroatoms. The highest BCUT2D eigenvalue weighted by atomic mass is 32.2. The number of nitrogens with one attached hydrogen (secondary N) is 3. The van der Waals surface area contributed by atoms with Gasteiger partial charge >= 0.3 is 12.1 Å². The molecule has 1 aliphatic rings. The van der Waals surface area contributed by atoms with Crippen LogP contribution in [0, 0.1) is 5.92 Å². The lowest BCUT2D eigenvalue weighted by molar-refractivity contribution is 0.00536. The number of thioether (sulfide) groups is 1. The van der Waals surface area contributed by atoms with E-state index in [1.165, 1.54) is 0 Å². The summed E-state index contributed by atoms with van der Waals surface area (Å²) in [7, 11) is 0. The number of carbonyl (C=O) groups excluding carboxylic acids is 3. The van der Waals surface area contributed by atoms with Gasteiger partial charge in [-0.3, -0.25) is 4.79 Å². The predicted molar refractivity (Wildman–Crippen MR) is 170 cm³/mol. The molecule has 0 unspecified atom stereocenters. The van der Waals surface area contributed by atoms with E-state index in [1.807, 2.05) is 53.4 Å². The Labute approximate surface area is 256 Å². The lowest BCUT2D eigenvalue weighted by Gasteiger charge is -2.43. The molecule has 2 atom stereocenters. The van der Waals surface area contributed by atoms with Crippen molar-refractivity contribution in [2.75, 3.05) is 50.0 Å². The zero-order valence-electron chi connectivity index (χ0n) is 27.3. The first-order chi connectivity index (χ1) is 19.6. The third-order valence-electron chi connectivity index (χ3n) is 6.52. The number of hydrogen-bond donors (Lipinski definition) is 3. The molecule has 3 N–H and O–H groups in total. The summed E-state index contributed by atoms with van der Waals surface area (Å²) in [6, 6.07) is -1.04. The zero-order valence-corrected chi connectivity index (χ0v) is 28.1. The van der Waals surface area contributed by atoms with Crippen molar-refractivity contribution < 1.29 is 19.1 Å². The van der Waals surface area contributed by atoms with Gasteiger partial charge in [-0.25, -0.2) is 19.6 Å². The number of nitrogens with zero attached hydrogens (tertiary/aromatic N) is 4. The minimum Gasteiger partial charge on any atom is -0.444 e. The second-order valence-electron chi connectivity index (χ2n) is 13.3.